The molecular formula is C12H13NO. The predicted molar refractivity (Wildman–Crippen MR) is 56.2 cm³/mol. The van der Waals surface area contributed by atoms with Crippen molar-refractivity contribution in [1.29, 1.82) is 0 Å². The maximum absolute atomic E-state index is 5.24. The van der Waals surface area contributed by atoms with Crippen molar-refractivity contribution in [2.75, 3.05) is 0 Å². The molecule has 0 saturated heterocycles. The van der Waals surface area contributed by atoms with E-state index in [0.29, 0.717) is 0 Å². The van der Waals surface area contributed by atoms with Crippen LogP contribution in [0.1, 0.15) is 16.8 Å². The third-order valence-corrected chi connectivity index (χ3v) is 2.29. The number of nitrogens with zero attached hydrogens (tertiary/aromatic N) is 1. The molecule has 0 fully saturated rings. The second-order valence-corrected chi connectivity index (χ2v) is 3.65. The summed E-state index contributed by atoms with van der Waals surface area (Å²) in [5.41, 5.74) is 4.50. The minimum atomic E-state index is 0.851. The summed E-state index contributed by atoms with van der Waals surface area (Å²) in [6.45, 7) is 6.08. The zero-order chi connectivity index (χ0) is 10.1. The fraction of sp³-hybridized carbons (Fsp3) is 0.250. The minimum absolute atomic E-state index is 0.851. The molecule has 2 heteroatoms. The predicted octanol–water partition coefficient (Wildman–Crippen LogP) is 3.27. The van der Waals surface area contributed by atoms with Gasteiger partial charge in [0.15, 0.2) is 5.76 Å². The van der Waals surface area contributed by atoms with Gasteiger partial charge in [0.05, 0.1) is 5.69 Å². The summed E-state index contributed by atoms with van der Waals surface area (Å²) >= 11 is 0. The lowest BCUT2D eigenvalue weighted by molar-refractivity contribution is 0.427. The largest absolute Gasteiger partial charge is 0.356 e. The number of rotatable bonds is 1. The van der Waals surface area contributed by atoms with Gasteiger partial charge in [-0.05, 0) is 32.4 Å². The average molecular weight is 187 g/mol. The van der Waals surface area contributed by atoms with E-state index in [4.69, 9.17) is 4.52 Å². The molecule has 2 nitrogen and oxygen atoms in total. The van der Waals surface area contributed by atoms with Crippen molar-refractivity contribution in [3.8, 4) is 11.3 Å². The lowest BCUT2D eigenvalue weighted by Gasteiger charge is -2.02. The standard InChI is InChI=1S/C12H13NO/c1-8-4-5-9(2)11(6-8)12-7-10(3)13-14-12/h4-7H,1-3H3. The molecule has 0 unspecified atom stereocenters. The summed E-state index contributed by atoms with van der Waals surface area (Å²) in [6.07, 6.45) is 0. The molecule has 2 rings (SSSR count). The Labute approximate surface area is 83.5 Å². The highest BCUT2D eigenvalue weighted by molar-refractivity contribution is 5.62. The first kappa shape index (κ1) is 9.00. The first-order valence-corrected chi connectivity index (χ1v) is 4.68. The molecular weight excluding hydrogens is 174 g/mol. The van der Waals surface area contributed by atoms with Crippen molar-refractivity contribution < 1.29 is 4.52 Å². The van der Waals surface area contributed by atoms with Gasteiger partial charge in [-0.1, -0.05) is 22.9 Å². The smallest absolute Gasteiger partial charge is 0.167 e. The van der Waals surface area contributed by atoms with Gasteiger partial charge in [-0.3, -0.25) is 0 Å². The maximum Gasteiger partial charge on any atom is 0.167 e. The van der Waals surface area contributed by atoms with Crippen LogP contribution in [0.25, 0.3) is 11.3 Å². The van der Waals surface area contributed by atoms with Crippen LogP contribution in [0.5, 0.6) is 0 Å². The topological polar surface area (TPSA) is 26.0 Å². The Kier molecular flexibility index (Phi) is 2.12. The molecule has 72 valence electrons. The Bertz CT molecular complexity index is 457. The van der Waals surface area contributed by atoms with Crippen molar-refractivity contribution >= 4 is 0 Å². The molecule has 14 heavy (non-hydrogen) atoms. The van der Waals surface area contributed by atoms with E-state index in [1.807, 2.05) is 13.0 Å². The second kappa shape index (κ2) is 3.29. The molecule has 0 radical (unpaired) electrons. The molecule has 0 amide bonds. The second-order valence-electron chi connectivity index (χ2n) is 3.65. The van der Waals surface area contributed by atoms with Gasteiger partial charge < -0.3 is 4.52 Å². The molecule has 0 atom stereocenters. The van der Waals surface area contributed by atoms with E-state index in [9.17, 15) is 0 Å². The van der Waals surface area contributed by atoms with Crippen molar-refractivity contribution in [1.82, 2.24) is 5.16 Å². The van der Waals surface area contributed by atoms with Gasteiger partial charge in [0.2, 0.25) is 0 Å². The van der Waals surface area contributed by atoms with Crippen LogP contribution >= 0.6 is 0 Å². The summed E-state index contributed by atoms with van der Waals surface area (Å²) in [5.74, 6) is 0.851. The molecule has 0 spiro atoms. The van der Waals surface area contributed by atoms with Gasteiger partial charge in [0.25, 0.3) is 0 Å². The van der Waals surface area contributed by atoms with Gasteiger partial charge >= 0.3 is 0 Å². The molecule has 0 bridgehead atoms. The molecule has 0 aliphatic rings. The number of hydrogen-bond donors (Lipinski definition) is 0. The highest BCUT2D eigenvalue weighted by Gasteiger charge is 2.06. The Balaban J connectivity index is 2.55. The first-order valence-electron chi connectivity index (χ1n) is 4.68. The summed E-state index contributed by atoms with van der Waals surface area (Å²) in [6, 6.07) is 8.28. The Morgan fingerprint density at radius 1 is 1.07 bits per heavy atom. The fourth-order valence-electron chi connectivity index (χ4n) is 1.49. The molecule has 0 saturated carbocycles. The molecule has 1 heterocycles. The van der Waals surface area contributed by atoms with Crippen LogP contribution in [-0.4, -0.2) is 5.16 Å². The molecule has 1 aromatic carbocycles. The Hall–Kier alpha value is -1.57. The van der Waals surface area contributed by atoms with Gasteiger partial charge in [-0.15, -0.1) is 0 Å². The van der Waals surface area contributed by atoms with Crippen molar-refractivity contribution in [3.63, 3.8) is 0 Å². The highest BCUT2D eigenvalue weighted by atomic mass is 16.5. The Morgan fingerprint density at radius 3 is 2.50 bits per heavy atom. The van der Waals surface area contributed by atoms with E-state index >= 15 is 0 Å². The molecule has 2 aromatic rings. The lowest BCUT2D eigenvalue weighted by Crippen LogP contribution is -1.82. The Morgan fingerprint density at radius 2 is 1.86 bits per heavy atom. The summed E-state index contributed by atoms with van der Waals surface area (Å²) in [5, 5.41) is 3.89. The highest BCUT2D eigenvalue weighted by Crippen LogP contribution is 2.24. The number of aryl methyl sites for hydroxylation is 3. The van der Waals surface area contributed by atoms with Crippen LogP contribution < -0.4 is 0 Å². The lowest BCUT2D eigenvalue weighted by atomic mass is 10.0. The van der Waals surface area contributed by atoms with E-state index in [0.717, 1.165) is 17.0 Å². The van der Waals surface area contributed by atoms with Gasteiger partial charge in [0.1, 0.15) is 0 Å². The van der Waals surface area contributed by atoms with E-state index < -0.39 is 0 Å². The van der Waals surface area contributed by atoms with Gasteiger partial charge in [-0.2, -0.15) is 0 Å². The minimum Gasteiger partial charge on any atom is -0.356 e. The van der Waals surface area contributed by atoms with E-state index in [1.54, 1.807) is 0 Å². The van der Waals surface area contributed by atoms with Gasteiger partial charge in [0, 0.05) is 11.6 Å². The van der Waals surface area contributed by atoms with Crippen LogP contribution in [0, 0.1) is 20.8 Å². The zero-order valence-corrected chi connectivity index (χ0v) is 8.66. The maximum atomic E-state index is 5.24. The van der Waals surface area contributed by atoms with E-state index in [2.05, 4.69) is 37.2 Å². The summed E-state index contributed by atoms with van der Waals surface area (Å²) in [4.78, 5) is 0. The van der Waals surface area contributed by atoms with Crippen LogP contribution in [0.4, 0.5) is 0 Å². The van der Waals surface area contributed by atoms with Crippen LogP contribution in [0.3, 0.4) is 0 Å². The third kappa shape index (κ3) is 1.55. The summed E-state index contributed by atoms with van der Waals surface area (Å²) in [7, 11) is 0. The third-order valence-electron chi connectivity index (χ3n) is 2.29. The normalized spacial score (nSPS) is 10.5. The van der Waals surface area contributed by atoms with Crippen molar-refractivity contribution in [2.45, 2.75) is 20.8 Å². The number of hydrogen-bond acceptors (Lipinski definition) is 2. The zero-order valence-electron chi connectivity index (χ0n) is 8.66. The summed E-state index contributed by atoms with van der Waals surface area (Å²) < 4.78 is 5.24. The van der Waals surface area contributed by atoms with Crippen LogP contribution in [0.2, 0.25) is 0 Å². The number of benzene rings is 1. The molecule has 0 N–H and O–H groups in total. The van der Waals surface area contributed by atoms with E-state index in [-0.39, 0.29) is 0 Å². The van der Waals surface area contributed by atoms with E-state index in [1.165, 1.54) is 11.1 Å². The van der Waals surface area contributed by atoms with Crippen LogP contribution in [0.15, 0.2) is 28.8 Å². The monoisotopic (exact) mass is 187 g/mol. The fourth-order valence-corrected chi connectivity index (χ4v) is 1.49. The molecule has 0 aliphatic carbocycles. The quantitative estimate of drug-likeness (QED) is 0.684. The SMILES string of the molecule is Cc1ccc(C)c(-c2cc(C)no2)c1. The first-order chi connectivity index (χ1) is 6.66. The van der Waals surface area contributed by atoms with Gasteiger partial charge in [-0.25, -0.2) is 0 Å². The molecule has 0 aliphatic heterocycles. The average Bonchev–Trinajstić information content (AvgIpc) is 2.56. The van der Waals surface area contributed by atoms with Crippen LogP contribution in [-0.2, 0) is 0 Å². The number of aromatic nitrogens is 1. The molecule has 1 aromatic heterocycles. The van der Waals surface area contributed by atoms with Crippen molar-refractivity contribution in [3.05, 3.63) is 41.1 Å². The van der Waals surface area contributed by atoms with Crippen molar-refractivity contribution in [2.24, 2.45) is 0 Å².